The number of rotatable bonds is 8. The lowest BCUT2D eigenvalue weighted by Crippen LogP contribution is -2.39. The van der Waals surface area contributed by atoms with Gasteiger partial charge in [-0.25, -0.2) is 0 Å². The van der Waals surface area contributed by atoms with Gasteiger partial charge >= 0.3 is 16.1 Å². The molecule has 0 fully saturated rings. The molecule has 0 unspecified atom stereocenters. The highest BCUT2D eigenvalue weighted by molar-refractivity contribution is 9.10. The van der Waals surface area contributed by atoms with Crippen molar-refractivity contribution >= 4 is 43.6 Å². The second-order valence-corrected chi connectivity index (χ2v) is 12.3. The SMILES string of the molecule is COc1cc(C2C3=C(CCCC3=O)N(CCC(=O)O)C3=C2C(=O)CCC3)cc(Br)c1OS(=O)(=O)c1ccccc1. The zero-order valence-corrected chi connectivity index (χ0v) is 24.2. The first kappa shape index (κ1) is 28.1. The molecule has 0 saturated carbocycles. The number of nitrogens with zero attached hydrogens (tertiary/aromatic N) is 1. The predicted octanol–water partition coefficient (Wildman–Crippen LogP) is 5.11. The van der Waals surface area contributed by atoms with Crippen LogP contribution in [0, 0.1) is 0 Å². The van der Waals surface area contributed by atoms with E-state index >= 15 is 0 Å². The molecule has 3 aliphatic rings. The molecule has 0 amide bonds. The van der Waals surface area contributed by atoms with Gasteiger partial charge in [0.1, 0.15) is 4.90 Å². The van der Waals surface area contributed by atoms with E-state index in [4.69, 9.17) is 8.92 Å². The first-order valence-electron chi connectivity index (χ1n) is 13.0. The number of hydrogen-bond donors (Lipinski definition) is 1. The minimum atomic E-state index is -4.17. The first-order valence-corrected chi connectivity index (χ1v) is 15.2. The Morgan fingerprint density at radius 3 is 2.15 bits per heavy atom. The van der Waals surface area contributed by atoms with E-state index in [0.717, 1.165) is 11.4 Å². The van der Waals surface area contributed by atoms with E-state index < -0.39 is 22.0 Å². The molecule has 40 heavy (non-hydrogen) atoms. The minimum absolute atomic E-state index is 0.0213. The molecule has 9 nitrogen and oxygen atoms in total. The number of ketones is 2. The van der Waals surface area contributed by atoms with E-state index in [1.165, 1.54) is 19.2 Å². The highest BCUT2D eigenvalue weighted by Gasteiger charge is 2.43. The lowest BCUT2D eigenvalue weighted by atomic mass is 9.71. The molecular formula is C29H28BrNO8S. The normalized spacial score (nSPS) is 18.0. The number of allylic oxidation sites excluding steroid dienone is 4. The van der Waals surface area contributed by atoms with Crippen molar-refractivity contribution in [2.24, 2.45) is 0 Å². The summed E-state index contributed by atoms with van der Waals surface area (Å²) in [6.45, 7) is 0.178. The first-order chi connectivity index (χ1) is 19.1. The Morgan fingerprint density at radius 2 is 1.60 bits per heavy atom. The summed E-state index contributed by atoms with van der Waals surface area (Å²) in [4.78, 5) is 40.2. The van der Waals surface area contributed by atoms with Crippen LogP contribution in [-0.4, -0.2) is 49.6 Å². The van der Waals surface area contributed by atoms with Gasteiger partial charge in [-0.2, -0.15) is 8.42 Å². The van der Waals surface area contributed by atoms with E-state index in [1.54, 1.807) is 30.3 Å². The van der Waals surface area contributed by atoms with Crippen molar-refractivity contribution < 1.29 is 36.8 Å². The van der Waals surface area contributed by atoms with E-state index in [-0.39, 0.29) is 45.4 Å². The zero-order chi connectivity index (χ0) is 28.6. The Bertz CT molecular complexity index is 1520. The fourth-order valence-corrected chi connectivity index (χ4v) is 7.39. The Balaban J connectivity index is 1.64. The summed E-state index contributed by atoms with van der Waals surface area (Å²) in [5.74, 6) is -1.74. The Labute approximate surface area is 240 Å². The van der Waals surface area contributed by atoms with Crippen LogP contribution in [0.2, 0.25) is 0 Å². The Morgan fingerprint density at radius 1 is 1.00 bits per heavy atom. The van der Waals surface area contributed by atoms with Crippen molar-refractivity contribution in [1.29, 1.82) is 0 Å². The Hall–Kier alpha value is -3.44. The monoisotopic (exact) mass is 629 g/mol. The van der Waals surface area contributed by atoms with Crippen LogP contribution in [0.3, 0.4) is 0 Å². The molecule has 11 heteroatoms. The van der Waals surface area contributed by atoms with E-state index in [9.17, 15) is 27.9 Å². The highest BCUT2D eigenvalue weighted by Crippen LogP contribution is 2.51. The molecule has 1 aliphatic heterocycles. The van der Waals surface area contributed by atoms with Gasteiger partial charge < -0.3 is 18.9 Å². The smallest absolute Gasteiger partial charge is 0.339 e. The molecule has 0 bridgehead atoms. The molecule has 0 atom stereocenters. The van der Waals surface area contributed by atoms with Crippen molar-refractivity contribution in [3.8, 4) is 11.5 Å². The lowest BCUT2D eigenvalue weighted by molar-refractivity contribution is -0.137. The van der Waals surface area contributed by atoms with E-state index in [1.807, 2.05) is 4.90 Å². The number of carbonyl (C=O) groups is 3. The van der Waals surface area contributed by atoms with Gasteiger partial charge in [0.2, 0.25) is 0 Å². The topological polar surface area (TPSA) is 127 Å². The average molecular weight is 631 g/mol. The van der Waals surface area contributed by atoms with Gasteiger partial charge in [0, 0.05) is 47.8 Å². The van der Waals surface area contributed by atoms with Crippen LogP contribution in [0.1, 0.15) is 56.4 Å². The Kier molecular flexibility index (Phi) is 7.87. The van der Waals surface area contributed by atoms with Crippen molar-refractivity contribution in [3.05, 3.63) is 75.0 Å². The van der Waals surface area contributed by atoms with Gasteiger partial charge in [0.05, 0.1) is 18.0 Å². The molecule has 210 valence electrons. The molecule has 0 spiro atoms. The number of carboxylic acid groups (broad SMARTS) is 1. The summed E-state index contributed by atoms with van der Waals surface area (Å²) in [5, 5.41) is 9.37. The van der Waals surface area contributed by atoms with Crippen molar-refractivity contribution in [2.45, 2.75) is 55.8 Å². The third kappa shape index (κ3) is 5.19. The molecular weight excluding hydrogens is 602 g/mol. The number of carboxylic acids is 1. The number of benzene rings is 2. The van der Waals surface area contributed by atoms with Gasteiger partial charge in [-0.15, -0.1) is 0 Å². The largest absolute Gasteiger partial charge is 0.493 e. The van der Waals surface area contributed by atoms with Crippen LogP contribution >= 0.6 is 15.9 Å². The maximum atomic E-state index is 13.4. The third-order valence-corrected chi connectivity index (χ3v) is 9.27. The molecule has 1 heterocycles. The maximum Gasteiger partial charge on any atom is 0.339 e. The second kappa shape index (κ2) is 11.2. The average Bonchev–Trinajstić information content (AvgIpc) is 2.93. The number of methoxy groups -OCH3 is 1. The van der Waals surface area contributed by atoms with Gasteiger partial charge in [-0.3, -0.25) is 14.4 Å². The predicted molar refractivity (Wildman–Crippen MR) is 148 cm³/mol. The van der Waals surface area contributed by atoms with Gasteiger partial charge in [-0.1, -0.05) is 18.2 Å². The number of aliphatic carboxylic acids is 1. The number of Topliss-reactive ketones (excluding diaryl/α,β-unsaturated/α-hetero) is 2. The minimum Gasteiger partial charge on any atom is -0.493 e. The summed E-state index contributed by atoms with van der Waals surface area (Å²) in [5.41, 5.74) is 3.09. The molecule has 0 saturated heterocycles. The van der Waals surface area contributed by atoms with Crippen LogP contribution in [-0.2, 0) is 24.5 Å². The van der Waals surface area contributed by atoms with Gasteiger partial charge in [-0.05, 0) is 71.4 Å². The molecule has 2 aromatic rings. The summed E-state index contributed by atoms with van der Waals surface area (Å²) >= 11 is 3.44. The fraction of sp³-hybridized carbons (Fsp3) is 0.345. The quantitative estimate of drug-likeness (QED) is 0.396. The maximum absolute atomic E-state index is 13.4. The molecule has 1 N–H and O–H groups in total. The summed E-state index contributed by atoms with van der Waals surface area (Å²) in [7, 11) is -2.79. The van der Waals surface area contributed by atoms with Crippen LogP contribution < -0.4 is 8.92 Å². The van der Waals surface area contributed by atoms with Crippen molar-refractivity contribution in [2.75, 3.05) is 13.7 Å². The fourth-order valence-electron chi connectivity index (χ4n) is 5.76. The van der Waals surface area contributed by atoms with Crippen LogP contribution in [0.5, 0.6) is 11.5 Å². The highest BCUT2D eigenvalue weighted by atomic mass is 79.9. The molecule has 2 aromatic carbocycles. The lowest BCUT2D eigenvalue weighted by Gasteiger charge is -2.44. The molecule has 2 aliphatic carbocycles. The summed E-state index contributed by atoms with van der Waals surface area (Å²) in [6.07, 6.45) is 3.00. The van der Waals surface area contributed by atoms with Crippen LogP contribution in [0.4, 0.5) is 0 Å². The molecule has 0 aromatic heterocycles. The third-order valence-electron chi connectivity index (χ3n) is 7.45. The van der Waals surface area contributed by atoms with E-state index in [2.05, 4.69) is 15.9 Å². The van der Waals surface area contributed by atoms with Crippen LogP contribution in [0.15, 0.2) is 74.4 Å². The molecule has 0 radical (unpaired) electrons. The number of carbonyl (C=O) groups excluding carboxylic acids is 2. The summed E-state index contributed by atoms with van der Waals surface area (Å²) < 4.78 is 37.3. The summed E-state index contributed by atoms with van der Waals surface area (Å²) in [6, 6.07) is 11.0. The number of hydrogen-bond acceptors (Lipinski definition) is 8. The van der Waals surface area contributed by atoms with Crippen molar-refractivity contribution in [3.63, 3.8) is 0 Å². The second-order valence-electron chi connectivity index (χ2n) is 9.89. The van der Waals surface area contributed by atoms with Crippen molar-refractivity contribution in [1.82, 2.24) is 4.90 Å². The van der Waals surface area contributed by atoms with E-state index in [0.29, 0.717) is 55.2 Å². The zero-order valence-electron chi connectivity index (χ0n) is 21.8. The van der Waals surface area contributed by atoms with Gasteiger partial charge in [0.15, 0.2) is 23.1 Å². The number of ether oxygens (including phenoxy) is 1. The standard InChI is InChI=1S/C29H28BrNO8S/c1-38-24-16-17(15-19(30)29(24)39-40(36,37)18-7-3-2-4-8-18)26-27-20(9-5-11-22(27)32)31(14-13-25(34)35)21-10-6-12-23(33)28(21)26/h2-4,7-8,15-16,26H,5-6,9-14H2,1H3,(H,34,35). The number of halogens is 1. The van der Waals surface area contributed by atoms with Crippen LogP contribution in [0.25, 0.3) is 0 Å². The molecule has 5 rings (SSSR count). The van der Waals surface area contributed by atoms with Gasteiger partial charge in [0.25, 0.3) is 0 Å².